The highest BCUT2D eigenvalue weighted by molar-refractivity contribution is 8.18. The first-order valence-electron chi connectivity index (χ1n) is 7.14. The van der Waals surface area contributed by atoms with Crippen LogP contribution in [-0.2, 0) is 11.3 Å². The Morgan fingerprint density at radius 3 is 2.35 bits per heavy atom. The standard InChI is InChI=1S/C17H9Cl4NO3S/c18-9-4-8(15(23)13(21)6-9)5-14-16(24)22(17(25)26-14)7-10-11(19)2-1-3-12(10)20/h1-6,23H,7H2/b14-5-. The van der Waals surface area contributed by atoms with Crippen LogP contribution < -0.4 is 0 Å². The zero-order valence-electron chi connectivity index (χ0n) is 12.8. The Balaban J connectivity index is 1.92. The molecule has 1 N–H and O–H groups in total. The monoisotopic (exact) mass is 447 g/mol. The van der Waals surface area contributed by atoms with E-state index in [2.05, 4.69) is 0 Å². The van der Waals surface area contributed by atoms with E-state index in [1.807, 2.05) is 0 Å². The maximum atomic E-state index is 12.6. The summed E-state index contributed by atoms with van der Waals surface area (Å²) in [7, 11) is 0. The van der Waals surface area contributed by atoms with Crippen molar-refractivity contribution in [1.82, 2.24) is 4.90 Å². The Labute approximate surface area is 173 Å². The van der Waals surface area contributed by atoms with Crippen LogP contribution in [-0.4, -0.2) is 21.2 Å². The molecule has 1 heterocycles. The summed E-state index contributed by atoms with van der Waals surface area (Å²) < 4.78 is 0. The molecule has 0 bridgehead atoms. The van der Waals surface area contributed by atoms with Crippen molar-refractivity contribution in [3.8, 4) is 5.75 Å². The first kappa shape index (κ1) is 19.4. The van der Waals surface area contributed by atoms with Gasteiger partial charge in [0.25, 0.3) is 11.1 Å². The van der Waals surface area contributed by atoms with Crippen LogP contribution in [0.15, 0.2) is 35.2 Å². The number of amides is 2. The lowest BCUT2D eigenvalue weighted by molar-refractivity contribution is -0.123. The van der Waals surface area contributed by atoms with Gasteiger partial charge in [-0.25, -0.2) is 0 Å². The first-order valence-corrected chi connectivity index (χ1v) is 9.47. The summed E-state index contributed by atoms with van der Waals surface area (Å²) in [4.78, 5) is 26.0. The van der Waals surface area contributed by atoms with Crippen LogP contribution in [0.1, 0.15) is 11.1 Å². The zero-order valence-corrected chi connectivity index (χ0v) is 16.6. The lowest BCUT2D eigenvalue weighted by Gasteiger charge is -2.14. The van der Waals surface area contributed by atoms with Crippen molar-refractivity contribution in [3.05, 3.63) is 66.5 Å². The Morgan fingerprint density at radius 1 is 1.04 bits per heavy atom. The van der Waals surface area contributed by atoms with Gasteiger partial charge in [-0.2, -0.15) is 0 Å². The van der Waals surface area contributed by atoms with E-state index in [0.29, 0.717) is 20.6 Å². The number of phenolic OH excluding ortho intramolecular Hbond substituents is 1. The molecule has 2 aromatic carbocycles. The summed E-state index contributed by atoms with van der Waals surface area (Å²) in [5.74, 6) is -0.747. The molecule has 9 heteroatoms. The molecule has 2 aromatic rings. The second-order valence-corrected chi connectivity index (χ2v) is 7.94. The minimum Gasteiger partial charge on any atom is -0.506 e. The molecule has 0 saturated carbocycles. The van der Waals surface area contributed by atoms with Crippen LogP contribution >= 0.6 is 58.2 Å². The van der Waals surface area contributed by atoms with E-state index >= 15 is 0 Å². The molecule has 0 unspecified atom stereocenters. The van der Waals surface area contributed by atoms with Crippen LogP contribution in [0.25, 0.3) is 6.08 Å². The minimum atomic E-state index is -0.522. The summed E-state index contributed by atoms with van der Waals surface area (Å²) in [6.07, 6.45) is 1.37. The average Bonchev–Trinajstić information content (AvgIpc) is 2.82. The molecule has 26 heavy (non-hydrogen) atoms. The highest BCUT2D eigenvalue weighted by Crippen LogP contribution is 2.38. The number of rotatable bonds is 3. The number of thioether (sulfide) groups is 1. The molecule has 1 saturated heterocycles. The summed E-state index contributed by atoms with van der Waals surface area (Å²) in [6.45, 7) is -0.0528. The molecule has 0 aliphatic carbocycles. The van der Waals surface area contributed by atoms with E-state index in [1.165, 1.54) is 18.2 Å². The fourth-order valence-corrected chi connectivity index (χ4v) is 4.17. The highest BCUT2D eigenvalue weighted by Gasteiger charge is 2.36. The van der Waals surface area contributed by atoms with Crippen molar-refractivity contribution in [3.63, 3.8) is 0 Å². The molecular formula is C17H9Cl4NO3S. The fraction of sp³-hybridized carbons (Fsp3) is 0.0588. The molecule has 0 aromatic heterocycles. The van der Waals surface area contributed by atoms with Gasteiger partial charge in [0.2, 0.25) is 0 Å². The van der Waals surface area contributed by atoms with Gasteiger partial charge in [-0.05, 0) is 42.1 Å². The second kappa shape index (κ2) is 7.71. The molecular weight excluding hydrogens is 440 g/mol. The fourth-order valence-electron chi connectivity index (χ4n) is 2.31. The maximum Gasteiger partial charge on any atom is 0.293 e. The van der Waals surface area contributed by atoms with Crippen molar-refractivity contribution in [2.24, 2.45) is 0 Å². The van der Waals surface area contributed by atoms with Gasteiger partial charge in [0, 0.05) is 26.2 Å². The number of hydrogen-bond donors (Lipinski definition) is 1. The molecule has 1 aliphatic rings. The smallest absolute Gasteiger partial charge is 0.293 e. The number of benzene rings is 2. The molecule has 0 radical (unpaired) electrons. The molecule has 1 fully saturated rings. The summed E-state index contributed by atoms with van der Waals surface area (Å²) in [5.41, 5.74) is 0.719. The summed E-state index contributed by atoms with van der Waals surface area (Å²) in [5, 5.41) is 10.6. The molecule has 4 nitrogen and oxygen atoms in total. The van der Waals surface area contributed by atoms with Crippen molar-refractivity contribution >= 4 is 75.4 Å². The molecule has 2 amide bonds. The van der Waals surface area contributed by atoms with Gasteiger partial charge in [0.15, 0.2) is 0 Å². The van der Waals surface area contributed by atoms with E-state index in [1.54, 1.807) is 18.2 Å². The van der Waals surface area contributed by atoms with E-state index in [-0.39, 0.29) is 27.8 Å². The zero-order chi connectivity index (χ0) is 19.0. The second-order valence-electron chi connectivity index (χ2n) is 5.29. The van der Waals surface area contributed by atoms with Gasteiger partial charge in [0.1, 0.15) is 5.75 Å². The van der Waals surface area contributed by atoms with Gasteiger partial charge in [-0.1, -0.05) is 52.5 Å². The van der Waals surface area contributed by atoms with Gasteiger partial charge in [-0.3, -0.25) is 14.5 Å². The quantitative estimate of drug-likeness (QED) is 0.564. The van der Waals surface area contributed by atoms with Crippen molar-refractivity contribution in [2.75, 3.05) is 0 Å². The Kier molecular flexibility index (Phi) is 5.75. The van der Waals surface area contributed by atoms with Crippen molar-refractivity contribution < 1.29 is 14.7 Å². The Morgan fingerprint density at radius 2 is 1.69 bits per heavy atom. The molecule has 0 spiro atoms. The first-order chi connectivity index (χ1) is 12.3. The number of phenols is 1. The van der Waals surface area contributed by atoms with E-state index in [4.69, 9.17) is 46.4 Å². The molecule has 1 aliphatic heterocycles. The van der Waals surface area contributed by atoms with E-state index < -0.39 is 11.1 Å². The normalized spacial score (nSPS) is 16.0. The minimum absolute atomic E-state index is 0.0471. The predicted molar refractivity (Wildman–Crippen MR) is 106 cm³/mol. The van der Waals surface area contributed by atoms with Gasteiger partial charge < -0.3 is 5.11 Å². The van der Waals surface area contributed by atoms with Crippen LogP contribution in [0.3, 0.4) is 0 Å². The lowest BCUT2D eigenvalue weighted by Crippen LogP contribution is -2.27. The Hall–Kier alpha value is -1.37. The largest absolute Gasteiger partial charge is 0.506 e. The number of aromatic hydroxyl groups is 1. The van der Waals surface area contributed by atoms with Gasteiger partial charge in [0.05, 0.1) is 16.5 Å². The number of carbonyl (C=O) groups is 2. The number of carbonyl (C=O) groups excluding carboxylic acids is 2. The number of hydrogen-bond acceptors (Lipinski definition) is 4. The topological polar surface area (TPSA) is 57.6 Å². The molecule has 0 atom stereocenters. The predicted octanol–water partition coefficient (Wildman–Crippen LogP) is 6.24. The third-order valence-electron chi connectivity index (χ3n) is 3.60. The Bertz CT molecular complexity index is 941. The third kappa shape index (κ3) is 3.82. The van der Waals surface area contributed by atoms with Crippen molar-refractivity contribution in [1.29, 1.82) is 0 Å². The maximum absolute atomic E-state index is 12.6. The van der Waals surface area contributed by atoms with Crippen LogP contribution in [0.4, 0.5) is 4.79 Å². The average molecular weight is 449 g/mol. The molecule has 134 valence electrons. The van der Waals surface area contributed by atoms with Gasteiger partial charge >= 0.3 is 0 Å². The van der Waals surface area contributed by atoms with Crippen molar-refractivity contribution in [2.45, 2.75) is 6.54 Å². The van der Waals surface area contributed by atoms with Gasteiger partial charge in [-0.15, -0.1) is 0 Å². The number of nitrogens with zero attached hydrogens (tertiary/aromatic N) is 1. The molecule has 3 rings (SSSR count). The summed E-state index contributed by atoms with van der Waals surface area (Å²) >= 11 is 24.8. The highest BCUT2D eigenvalue weighted by atomic mass is 35.5. The summed E-state index contributed by atoms with van der Waals surface area (Å²) in [6, 6.07) is 7.75. The lowest BCUT2D eigenvalue weighted by atomic mass is 10.1. The third-order valence-corrected chi connectivity index (χ3v) is 5.72. The van der Waals surface area contributed by atoms with Crippen LogP contribution in [0.2, 0.25) is 20.1 Å². The number of halogens is 4. The van der Waals surface area contributed by atoms with Crippen LogP contribution in [0.5, 0.6) is 5.75 Å². The van der Waals surface area contributed by atoms with Crippen LogP contribution in [0, 0.1) is 0 Å². The van der Waals surface area contributed by atoms with E-state index in [9.17, 15) is 14.7 Å². The SMILES string of the molecule is O=C1S/C(=C\c2cc(Cl)cc(Cl)c2O)C(=O)N1Cc1c(Cl)cccc1Cl. The number of imide groups is 1. The van der Waals surface area contributed by atoms with E-state index in [0.717, 1.165) is 16.7 Å².